The number of nitrogens with one attached hydrogen (secondary N) is 2. The number of benzene rings is 1. The molecule has 2 N–H and O–H groups in total. The van der Waals surface area contributed by atoms with Crippen LogP contribution in [0.5, 0.6) is 0 Å². The van der Waals surface area contributed by atoms with Crippen molar-refractivity contribution in [1.29, 1.82) is 0 Å². The van der Waals surface area contributed by atoms with Crippen molar-refractivity contribution in [3.8, 4) is 0 Å². The van der Waals surface area contributed by atoms with E-state index in [9.17, 15) is 9.59 Å². The standard InChI is InChI=1S/C13H12N2O3/c1-18-13(17)11-7-10(8-14-11)15-12(16)9-5-3-2-4-6-9/h2-8,14H,1H3,(H,15,16). The van der Waals surface area contributed by atoms with Crippen molar-refractivity contribution in [3.63, 3.8) is 0 Å². The SMILES string of the molecule is COC(=O)c1cc(NC(=O)c2ccccc2)c[nH]1. The third-order valence-corrected chi connectivity index (χ3v) is 2.38. The molecular formula is C13H12N2O3. The Morgan fingerprint density at radius 1 is 1.22 bits per heavy atom. The van der Waals surface area contributed by atoms with Gasteiger partial charge in [0.05, 0.1) is 12.8 Å². The van der Waals surface area contributed by atoms with Crippen molar-refractivity contribution in [2.75, 3.05) is 12.4 Å². The third kappa shape index (κ3) is 2.57. The minimum absolute atomic E-state index is 0.231. The van der Waals surface area contributed by atoms with Crippen molar-refractivity contribution in [1.82, 2.24) is 4.98 Å². The van der Waals surface area contributed by atoms with Crippen LogP contribution in [0.3, 0.4) is 0 Å². The molecule has 0 radical (unpaired) electrons. The van der Waals surface area contributed by atoms with Crippen molar-refractivity contribution < 1.29 is 14.3 Å². The summed E-state index contributed by atoms with van der Waals surface area (Å²) in [6.07, 6.45) is 1.53. The van der Waals surface area contributed by atoms with Crippen LogP contribution in [0.2, 0.25) is 0 Å². The molecule has 0 aliphatic heterocycles. The van der Waals surface area contributed by atoms with Crippen LogP contribution in [-0.4, -0.2) is 24.0 Å². The number of aromatic amines is 1. The number of esters is 1. The molecule has 5 heteroatoms. The highest BCUT2D eigenvalue weighted by molar-refractivity contribution is 6.04. The van der Waals surface area contributed by atoms with Crippen LogP contribution in [-0.2, 0) is 4.74 Å². The zero-order valence-electron chi connectivity index (χ0n) is 9.77. The minimum Gasteiger partial charge on any atom is -0.464 e. The normalized spacial score (nSPS) is 9.83. The number of hydrogen-bond donors (Lipinski definition) is 2. The zero-order chi connectivity index (χ0) is 13.0. The fourth-order valence-corrected chi connectivity index (χ4v) is 1.49. The Bertz CT molecular complexity index is 561. The molecular weight excluding hydrogens is 232 g/mol. The Balaban J connectivity index is 2.08. The van der Waals surface area contributed by atoms with Gasteiger partial charge in [0.2, 0.25) is 0 Å². The lowest BCUT2D eigenvalue weighted by atomic mass is 10.2. The molecule has 1 aromatic heterocycles. The maximum atomic E-state index is 11.8. The third-order valence-electron chi connectivity index (χ3n) is 2.38. The molecule has 5 nitrogen and oxygen atoms in total. The summed E-state index contributed by atoms with van der Waals surface area (Å²) in [5.41, 5.74) is 1.36. The molecule has 0 fully saturated rings. The van der Waals surface area contributed by atoms with E-state index in [0.29, 0.717) is 16.9 Å². The molecule has 2 aromatic rings. The predicted octanol–water partition coefficient (Wildman–Crippen LogP) is 2.05. The van der Waals surface area contributed by atoms with E-state index in [-0.39, 0.29) is 5.91 Å². The van der Waals surface area contributed by atoms with E-state index in [1.165, 1.54) is 19.4 Å². The second-order valence-corrected chi connectivity index (χ2v) is 3.61. The summed E-state index contributed by atoms with van der Waals surface area (Å²) in [7, 11) is 1.30. The Morgan fingerprint density at radius 2 is 1.94 bits per heavy atom. The number of amides is 1. The molecule has 0 aliphatic rings. The molecule has 92 valence electrons. The highest BCUT2D eigenvalue weighted by Crippen LogP contribution is 2.12. The number of ether oxygens (including phenoxy) is 1. The molecule has 0 saturated carbocycles. The monoisotopic (exact) mass is 244 g/mol. The molecule has 2 rings (SSSR count). The maximum Gasteiger partial charge on any atom is 0.354 e. The van der Waals surface area contributed by atoms with E-state index in [2.05, 4.69) is 15.0 Å². The van der Waals surface area contributed by atoms with Gasteiger partial charge < -0.3 is 15.0 Å². The predicted molar refractivity (Wildman–Crippen MR) is 66.5 cm³/mol. The van der Waals surface area contributed by atoms with E-state index in [1.807, 2.05) is 6.07 Å². The van der Waals surface area contributed by atoms with Crippen molar-refractivity contribution >= 4 is 17.6 Å². The van der Waals surface area contributed by atoms with Crippen LogP contribution >= 0.6 is 0 Å². The Hall–Kier alpha value is -2.56. The average Bonchev–Trinajstić information content (AvgIpc) is 2.87. The number of hydrogen-bond acceptors (Lipinski definition) is 3. The lowest BCUT2D eigenvalue weighted by molar-refractivity contribution is 0.0594. The number of aromatic nitrogens is 1. The molecule has 1 amide bonds. The van der Waals surface area contributed by atoms with Crippen molar-refractivity contribution in [2.24, 2.45) is 0 Å². The van der Waals surface area contributed by atoms with Crippen LogP contribution in [0.15, 0.2) is 42.6 Å². The summed E-state index contributed by atoms with van der Waals surface area (Å²) in [6.45, 7) is 0. The van der Waals surface area contributed by atoms with E-state index >= 15 is 0 Å². The van der Waals surface area contributed by atoms with E-state index < -0.39 is 5.97 Å². The number of methoxy groups -OCH3 is 1. The highest BCUT2D eigenvalue weighted by atomic mass is 16.5. The molecule has 0 atom stereocenters. The van der Waals surface area contributed by atoms with Gasteiger partial charge in [0, 0.05) is 11.8 Å². The Kier molecular flexibility index (Phi) is 3.43. The second kappa shape index (κ2) is 5.18. The number of carbonyl (C=O) groups is 2. The molecule has 0 aliphatic carbocycles. The molecule has 1 aromatic carbocycles. The number of anilines is 1. The lowest BCUT2D eigenvalue weighted by Crippen LogP contribution is -2.10. The molecule has 18 heavy (non-hydrogen) atoms. The summed E-state index contributed by atoms with van der Waals surface area (Å²) in [4.78, 5) is 25.8. The van der Waals surface area contributed by atoms with E-state index in [0.717, 1.165) is 0 Å². The second-order valence-electron chi connectivity index (χ2n) is 3.61. The molecule has 1 heterocycles. The maximum absolute atomic E-state index is 11.8. The van der Waals surface area contributed by atoms with Gasteiger partial charge in [0.1, 0.15) is 5.69 Å². The van der Waals surface area contributed by atoms with Crippen molar-refractivity contribution in [2.45, 2.75) is 0 Å². The number of rotatable bonds is 3. The van der Waals surface area contributed by atoms with Gasteiger partial charge in [-0.3, -0.25) is 4.79 Å². The lowest BCUT2D eigenvalue weighted by Gasteiger charge is -2.01. The summed E-state index contributed by atoms with van der Waals surface area (Å²) < 4.78 is 4.56. The Labute approximate surface area is 104 Å². The van der Waals surface area contributed by atoms with Gasteiger partial charge in [0.25, 0.3) is 5.91 Å². The highest BCUT2D eigenvalue weighted by Gasteiger charge is 2.10. The van der Waals surface area contributed by atoms with Gasteiger partial charge in [-0.25, -0.2) is 4.79 Å². The van der Waals surface area contributed by atoms with Crippen LogP contribution in [0.4, 0.5) is 5.69 Å². The van der Waals surface area contributed by atoms with E-state index in [1.54, 1.807) is 24.3 Å². The van der Waals surface area contributed by atoms with Gasteiger partial charge >= 0.3 is 5.97 Å². The quantitative estimate of drug-likeness (QED) is 0.812. The first-order valence-electron chi connectivity index (χ1n) is 5.34. The summed E-state index contributed by atoms with van der Waals surface area (Å²) in [5.74, 6) is -0.707. The zero-order valence-corrected chi connectivity index (χ0v) is 9.77. The first-order valence-corrected chi connectivity index (χ1v) is 5.34. The first kappa shape index (κ1) is 11.9. The largest absolute Gasteiger partial charge is 0.464 e. The first-order chi connectivity index (χ1) is 8.70. The number of carbonyl (C=O) groups excluding carboxylic acids is 2. The van der Waals surface area contributed by atoms with Gasteiger partial charge in [-0.15, -0.1) is 0 Å². The smallest absolute Gasteiger partial charge is 0.354 e. The van der Waals surface area contributed by atoms with Crippen LogP contribution in [0.25, 0.3) is 0 Å². The van der Waals surface area contributed by atoms with Crippen LogP contribution < -0.4 is 5.32 Å². The molecule has 0 saturated heterocycles. The van der Waals surface area contributed by atoms with Gasteiger partial charge in [-0.1, -0.05) is 18.2 Å². The fourth-order valence-electron chi connectivity index (χ4n) is 1.49. The number of H-pyrrole nitrogens is 1. The molecule has 0 spiro atoms. The summed E-state index contributed by atoms with van der Waals surface area (Å²) in [6, 6.07) is 10.3. The topological polar surface area (TPSA) is 71.2 Å². The van der Waals surface area contributed by atoms with Gasteiger partial charge in [-0.2, -0.15) is 0 Å². The fraction of sp³-hybridized carbons (Fsp3) is 0.0769. The Morgan fingerprint density at radius 3 is 2.61 bits per heavy atom. The van der Waals surface area contributed by atoms with E-state index in [4.69, 9.17) is 0 Å². The van der Waals surface area contributed by atoms with Crippen molar-refractivity contribution in [3.05, 3.63) is 53.9 Å². The van der Waals surface area contributed by atoms with Gasteiger partial charge in [-0.05, 0) is 18.2 Å². The summed E-state index contributed by atoms with van der Waals surface area (Å²) >= 11 is 0. The van der Waals surface area contributed by atoms with Gasteiger partial charge in [0.15, 0.2) is 0 Å². The molecule has 0 bridgehead atoms. The van der Waals surface area contributed by atoms with Crippen LogP contribution in [0, 0.1) is 0 Å². The molecule has 0 unspecified atom stereocenters. The summed E-state index contributed by atoms with van der Waals surface area (Å²) in [5, 5.41) is 2.68. The average molecular weight is 244 g/mol. The minimum atomic E-state index is -0.477. The van der Waals surface area contributed by atoms with Crippen LogP contribution in [0.1, 0.15) is 20.8 Å².